The van der Waals surface area contributed by atoms with Crippen molar-refractivity contribution in [3.8, 4) is 56.9 Å². The minimum absolute atomic E-state index is 0.111. The molecule has 6 N–H and O–H groups in total. The number of alkyl halides is 4. The number of rotatable bonds is 15. The fraction of sp³-hybridized carbons (Fsp3) is 0.345. The number of nitrogen functional groups attached to an aromatic ring is 1. The number of amidine groups is 1. The monoisotopic (exact) mass is 1180 g/mol. The normalized spacial score (nSPS) is 13.8. The predicted molar refractivity (Wildman–Crippen MR) is 299 cm³/mol. The molecule has 2 aliphatic rings. The number of benzene rings is 2. The van der Waals surface area contributed by atoms with Gasteiger partial charge in [0.2, 0.25) is 11.8 Å². The van der Waals surface area contributed by atoms with Crippen molar-refractivity contribution in [3.05, 3.63) is 138 Å². The molecule has 2 aliphatic carbocycles. The molecule has 0 saturated heterocycles. The Kier molecular flexibility index (Phi) is 20.3. The maximum absolute atomic E-state index is 12.6. The summed E-state index contributed by atoms with van der Waals surface area (Å²) in [6, 6.07) is 16.5. The number of halogens is 4. The third-order valence-electron chi connectivity index (χ3n) is 13.1. The van der Waals surface area contributed by atoms with E-state index >= 15 is 0 Å². The Labute approximate surface area is 474 Å². The zero-order valence-corrected chi connectivity index (χ0v) is 47.2. The molecule has 0 unspecified atom stereocenters. The molecule has 5 aromatic heterocycles. The summed E-state index contributed by atoms with van der Waals surface area (Å²) in [7, 11) is 0. The number of nitrogens with two attached hydrogens (primary N) is 1. The van der Waals surface area contributed by atoms with Crippen molar-refractivity contribution in [2.45, 2.75) is 98.8 Å². The third kappa shape index (κ3) is 16.3. The fourth-order valence-electron chi connectivity index (χ4n) is 8.36. The highest BCUT2D eigenvalue weighted by Gasteiger charge is 2.48. The van der Waals surface area contributed by atoms with Crippen molar-refractivity contribution in [2.24, 2.45) is 16.6 Å². The molecule has 19 nitrogen and oxygen atoms in total. The van der Waals surface area contributed by atoms with Crippen LogP contribution in [-0.4, -0.2) is 104 Å². The van der Waals surface area contributed by atoms with E-state index in [0.29, 0.717) is 36.3 Å². The van der Waals surface area contributed by atoms with Gasteiger partial charge in [0.1, 0.15) is 29.6 Å². The van der Waals surface area contributed by atoms with Crippen LogP contribution in [0, 0.1) is 37.0 Å². The molecule has 0 spiro atoms. The first-order valence-electron chi connectivity index (χ1n) is 25.5. The van der Waals surface area contributed by atoms with Crippen LogP contribution < -0.4 is 15.2 Å². The molecule has 2 saturated carbocycles. The highest BCUT2D eigenvalue weighted by molar-refractivity contribution is 9.09. The van der Waals surface area contributed by atoms with Gasteiger partial charge >= 0.3 is 18.1 Å². The molecule has 0 atom stereocenters. The Morgan fingerprint density at radius 1 is 0.691 bits per heavy atom. The molecule has 426 valence electrons. The zero-order chi connectivity index (χ0) is 59.3. The number of aromatic nitrogens is 8. The van der Waals surface area contributed by atoms with Crippen LogP contribution in [0.3, 0.4) is 0 Å². The summed E-state index contributed by atoms with van der Waals surface area (Å²) >= 11 is 2.84. The van der Waals surface area contributed by atoms with E-state index in [1.165, 1.54) is 18.2 Å². The number of carboxylic acids is 2. The number of ether oxygens (including phenoxy) is 3. The van der Waals surface area contributed by atoms with Crippen molar-refractivity contribution in [1.82, 2.24) is 39.9 Å². The minimum Gasteiger partial charge on any atom is -0.481 e. The van der Waals surface area contributed by atoms with Crippen LogP contribution in [0.5, 0.6) is 11.8 Å². The van der Waals surface area contributed by atoms with E-state index in [1.807, 2.05) is 65.0 Å². The molecule has 0 bridgehead atoms. The van der Waals surface area contributed by atoms with Gasteiger partial charge in [-0.3, -0.25) is 24.6 Å². The Morgan fingerprint density at radius 2 is 1.19 bits per heavy atom. The molecule has 23 heteroatoms. The van der Waals surface area contributed by atoms with Crippen LogP contribution in [0.15, 0.2) is 104 Å². The molecule has 2 fully saturated rings. The van der Waals surface area contributed by atoms with Gasteiger partial charge in [0, 0.05) is 89.6 Å². The number of carbonyl (C=O) groups is 4. The van der Waals surface area contributed by atoms with Gasteiger partial charge in [0.05, 0.1) is 22.8 Å². The molecular formula is C58H62BrF3N10O9. The van der Waals surface area contributed by atoms with Crippen LogP contribution in [0.1, 0.15) is 105 Å². The number of aliphatic carboxylic acids is 2. The summed E-state index contributed by atoms with van der Waals surface area (Å²) < 4.78 is 54.3. The number of H-pyrrole nitrogens is 1. The van der Waals surface area contributed by atoms with Crippen LogP contribution in [0.25, 0.3) is 45.2 Å². The summed E-state index contributed by atoms with van der Waals surface area (Å²) in [6.45, 7) is 13.0. The second-order valence-electron chi connectivity index (χ2n) is 20.4. The average Bonchev–Trinajstić information content (AvgIpc) is 3.95. The van der Waals surface area contributed by atoms with E-state index in [4.69, 9.17) is 35.3 Å². The van der Waals surface area contributed by atoms with Crippen LogP contribution in [-0.2, 0) is 25.3 Å². The second kappa shape index (κ2) is 26.7. The van der Waals surface area contributed by atoms with E-state index in [-0.39, 0.29) is 41.7 Å². The molecule has 81 heavy (non-hydrogen) atoms. The second-order valence-corrected chi connectivity index (χ2v) is 21.0. The van der Waals surface area contributed by atoms with Crippen molar-refractivity contribution >= 4 is 45.5 Å². The number of imidazole rings is 1. The fourth-order valence-corrected chi connectivity index (χ4v) is 8.66. The van der Waals surface area contributed by atoms with E-state index in [0.717, 1.165) is 88.9 Å². The summed E-state index contributed by atoms with van der Waals surface area (Å²) in [6.07, 6.45) is 12.2. The molecule has 5 heterocycles. The molecule has 0 aliphatic heterocycles. The van der Waals surface area contributed by atoms with Gasteiger partial charge in [0.25, 0.3) is 5.97 Å². The van der Waals surface area contributed by atoms with Crippen LogP contribution in [0.4, 0.5) is 13.2 Å². The number of Topliss-reactive ketones (excluding diaryl/α,β-unsaturated/α-hetero) is 1. The third-order valence-corrected chi connectivity index (χ3v) is 13.6. The first kappa shape index (κ1) is 61.7. The van der Waals surface area contributed by atoms with Gasteiger partial charge in [0.15, 0.2) is 29.1 Å². The van der Waals surface area contributed by atoms with Crippen LogP contribution >= 0.6 is 15.9 Å². The first-order chi connectivity index (χ1) is 38.2. The number of hydrogen-bond donors (Lipinski definition) is 5. The Morgan fingerprint density at radius 3 is 1.63 bits per heavy atom. The summed E-state index contributed by atoms with van der Waals surface area (Å²) in [5.74, 6) is -0.400. The van der Waals surface area contributed by atoms with Gasteiger partial charge < -0.3 is 35.1 Å². The van der Waals surface area contributed by atoms with E-state index < -0.39 is 45.9 Å². The zero-order valence-electron chi connectivity index (χ0n) is 45.7. The topological polar surface area (TPSA) is 292 Å². The highest BCUT2D eigenvalue weighted by Crippen LogP contribution is 2.44. The van der Waals surface area contributed by atoms with Gasteiger partial charge in [-0.2, -0.15) is 13.2 Å². The number of pyridine rings is 2. The van der Waals surface area contributed by atoms with Crippen molar-refractivity contribution in [1.29, 1.82) is 5.41 Å². The van der Waals surface area contributed by atoms with Gasteiger partial charge in [-0.1, -0.05) is 71.2 Å². The lowest BCUT2D eigenvalue weighted by Gasteiger charge is -2.40. The number of aryl methyl sites for hydroxylation is 3. The van der Waals surface area contributed by atoms with E-state index in [9.17, 15) is 32.7 Å². The first-order valence-corrected chi connectivity index (χ1v) is 26.6. The van der Waals surface area contributed by atoms with Crippen molar-refractivity contribution in [2.75, 3.05) is 18.5 Å². The van der Waals surface area contributed by atoms with Crippen molar-refractivity contribution < 1.29 is 56.8 Å². The molecule has 9 rings (SSSR count). The highest BCUT2D eigenvalue weighted by atomic mass is 79.9. The number of nitrogens with zero attached hydrogens (tertiary/aromatic N) is 7. The SMILES string of the molecule is CC(=O)O.Cc1cc(OCC2(C(=O)O)CCC2)ncc1-c1cnc(-c2ncc(-c3ccccc3C)[nH]2)nc1.Cc1cc(OCC2(C(=O)OC(C)(C)C)CCC2)ncc1-c1cnc(C(=N)N)nc1.O=C(CBr)c1ccccc1C(F)(F)F. The number of carboxylic acid groups (broad SMARTS) is 2. The molecule has 7 aromatic rings. The number of carbonyl (C=O) groups excluding carboxylic acids is 2. The summed E-state index contributed by atoms with van der Waals surface area (Å²) in [4.78, 5) is 77.9. The predicted octanol–water partition coefficient (Wildman–Crippen LogP) is 11.2. The van der Waals surface area contributed by atoms with E-state index in [2.05, 4.69) is 68.8 Å². The maximum Gasteiger partial charge on any atom is 0.417 e. The molecule has 0 radical (unpaired) electrons. The average molecular weight is 1180 g/mol. The Bertz CT molecular complexity index is 3360. The Balaban J connectivity index is 0.000000203. The van der Waals surface area contributed by atoms with E-state index in [1.54, 1.807) is 43.4 Å². The molecular weight excluding hydrogens is 1120 g/mol. The lowest BCUT2D eigenvalue weighted by molar-refractivity contribution is -0.176. The van der Waals surface area contributed by atoms with Gasteiger partial charge in [-0.25, -0.2) is 34.9 Å². The molecule has 0 amide bonds. The molecule has 2 aromatic carbocycles. The number of hydrogen-bond acceptors (Lipinski definition) is 15. The quantitative estimate of drug-likeness (QED) is 0.0210. The number of aromatic amines is 1. The largest absolute Gasteiger partial charge is 0.481 e. The van der Waals surface area contributed by atoms with Crippen LogP contribution in [0.2, 0.25) is 0 Å². The maximum atomic E-state index is 12.6. The smallest absolute Gasteiger partial charge is 0.417 e. The minimum atomic E-state index is -4.48. The Hall–Kier alpha value is -8.47. The number of esters is 1. The summed E-state index contributed by atoms with van der Waals surface area (Å²) in [5, 5.41) is 24.1. The standard InChI is InChI=1S/C26H25N5O3.C21H27N5O3.C9H6BrF3O.C2H4O2/c1-16-6-3-4-7-19(16)21-14-30-24(31-21)23-28-11-18(12-29-23)20-13-27-22(10-17(20)2)34-15-26(25(32)33)8-5-9-26;1-13-8-16(24-11-15(13)14-9-25-18(17(22)23)26-10-14)28-12-21(6-5-7-21)19(27)29-20(2,3)4;10-5-8(14)6-3-1-2-4-7(6)9(11,12)13;1-2(3)4/h3-4,6-7,10-14H,5,8-9,15H2,1-2H3,(H,30,31)(H,32,33);8-11H,5-7,12H2,1-4H3,(H3,22,23);1-4H,5H2;1H3,(H,3,4). The number of ketones is 1. The lowest BCUT2D eigenvalue weighted by Crippen LogP contribution is -2.46. The van der Waals surface area contributed by atoms with Crippen molar-refractivity contribution in [3.63, 3.8) is 0 Å². The van der Waals surface area contributed by atoms with Gasteiger partial charge in [-0.15, -0.1) is 0 Å². The number of nitrogens with one attached hydrogen (secondary N) is 2. The summed E-state index contributed by atoms with van der Waals surface area (Å²) in [5.41, 5.74) is 10.7. The lowest BCUT2D eigenvalue weighted by atomic mass is 9.69. The van der Waals surface area contributed by atoms with Gasteiger partial charge in [-0.05, 0) is 90.0 Å².